The van der Waals surface area contributed by atoms with Crippen LogP contribution >= 0.6 is 11.3 Å². The highest BCUT2D eigenvalue weighted by atomic mass is 32.2. The van der Waals surface area contributed by atoms with Crippen molar-refractivity contribution in [2.45, 2.75) is 44.4 Å². The van der Waals surface area contributed by atoms with E-state index in [1.165, 1.54) is 0 Å². The van der Waals surface area contributed by atoms with Gasteiger partial charge in [-0.2, -0.15) is 0 Å². The fraction of sp³-hybridized carbons (Fsp3) is 0.692. The van der Waals surface area contributed by atoms with Crippen molar-refractivity contribution in [1.29, 1.82) is 0 Å². The minimum absolute atomic E-state index is 0.109. The SMILES string of the molecule is Cc1cc(S(=O)(=O)NCC2(C(C)C)CC2)sc1CO. The topological polar surface area (TPSA) is 66.4 Å². The molecule has 0 spiro atoms. The van der Waals surface area contributed by atoms with Gasteiger partial charge in [0.05, 0.1) is 6.61 Å². The Morgan fingerprint density at radius 2 is 2.11 bits per heavy atom. The average molecular weight is 303 g/mol. The molecule has 1 aliphatic carbocycles. The van der Waals surface area contributed by atoms with Crippen LogP contribution in [0, 0.1) is 18.3 Å². The van der Waals surface area contributed by atoms with Crippen molar-refractivity contribution in [2.75, 3.05) is 6.54 Å². The summed E-state index contributed by atoms with van der Waals surface area (Å²) in [7, 11) is -3.44. The number of thiophene rings is 1. The van der Waals surface area contributed by atoms with Crippen LogP contribution in [0.2, 0.25) is 0 Å². The van der Waals surface area contributed by atoms with Gasteiger partial charge in [-0.25, -0.2) is 13.1 Å². The third-order valence-electron chi connectivity index (χ3n) is 4.14. The lowest BCUT2D eigenvalue weighted by molar-refractivity contribution is 0.285. The first-order valence-corrected chi connectivity index (χ1v) is 8.80. The molecule has 1 aromatic heterocycles. The summed E-state index contributed by atoms with van der Waals surface area (Å²) in [6.07, 6.45) is 2.19. The maximum Gasteiger partial charge on any atom is 0.250 e. The number of aryl methyl sites for hydroxylation is 1. The Kier molecular flexibility index (Phi) is 4.07. The van der Waals surface area contributed by atoms with Crippen molar-refractivity contribution in [1.82, 2.24) is 4.72 Å². The Balaban J connectivity index is 2.10. The molecule has 0 unspecified atom stereocenters. The summed E-state index contributed by atoms with van der Waals surface area (Å²) < 4.78 is 27.5. The fourth-order valence-electron chi connectivity index (χ4n) is 2.21. The number of sulfonamides is 1. The number of aliphatic hydroxyl groups is 1. The third-order valence-corrected chi connectivity index (χ3v) is 7.23. The van der Waals surface area contributed by atoms with Crippen LogP contribution in [0.5, 0.6) is 0 Å². The summed E-state index contributed by atoms with van der Waals surface area (Å²) in [5.41, 5.74) is 0.983. The zero-order chi connectivity index (χ0) is 14.3. The van der Waals surface area contributed by atoms with Crippen molar-refractivity contribution in [2.24, 2.45) is 11.3 Å². The van der Waals surface area contributed by atoms with Gasteiger partial charge in [0.1, 0.15) is 4.21 Å². The molecular formula is C13H21NO3S2. The molecule has 1 fully saturated rings. The molecule has 0 bridgehead atoms. The molecule has 19 heavy (non-hydrogen) atoms. The monoisotopic (exact) mass is 303 g/mol. The van der Waals surface area contributed by atoms with Crippen LogP contribution in [-0.2, 0) is 16.6 Å². The Hall–Kier alpha value is -0.430. The lowest BCUT2D eigenvalue weighted by Gasteiger charge is -2.19. The highest BCUT2D eigenvalue weighted by Crippen LogP contribution is 2.51. The van der Waals surface area contributed by atoms with Gasteiger partial charge in [-0.1, -0.05) is 13.8 Å². The lowest BCUT2D eigenvalue weighted by Crippen LogP contribution is -2.32. The molecule has 0 aliphatic heterocycles. The van der Waals surface area contributed by atoms with E-state index in [4.69, 9.17) is 5.11 Å². The molecule has 0 atom stereocenters. The van der Waals surface area contributed by atoms with Crippen LogP contribution < -0.4 is 4.72 Å². The molecule has 4 nitrogen and oxygen atoms in total. The maximum atomic E-state index is 12.2. The second-order valence-corrected chi connectivity index (χ2v) is 8.80. The summed E-state index contributed by atoms with van der Waals surface area (Å²) in [4.78, 5) is 0.713. The fourth-order valence-corrected chi connectivity index (χ4v) is 4.84. The molecule has 1 aromatic rings. The summed E-state index contributed by atoms with van der Waals surface area (Å²) in [5, 5.41) is 9.13. The standard InChI is InChI=1S/C13H21NO3S2/c1-9(2)13(4-5-13)8-14-19(16,17)12-6-10(3)11(7-15)18-12/h6,9,14-15H,4-5,7-8H2,1-3H3. The number of hydrogen-bond donors (Lipinski definition) is 2. The van der Waals surface area contributed by atoms with Crippen molar-refractivity contribution in [3.8, 4) is 0 Å². The van der Waals surface area contributed by atoms with Gasteiger partial charge >= 0.3 is 0 Å². The summed E-state index contributed by atoms with van der Waals surface area (Å²) in [6, 6.07) is 1.63. The molecule has 6 heteroatoms. The molecule has 0 amide bonds. The van der Waals surface area contributed by atoms with E-state index in [1.54, 1.807) is 6.07 Å². The number of nitrogens with one attached hydrogen (secondary N) is 1. The smallest absolute Gasteiger partial charge is 0.250 e. The van der Waals surface area contributed by atoms with Gasteiger partial charge < -0.3 is 5.11 Å². The summed E-state index contributed by atoms with van der Waals surface area (Å²) in [6.45, 7) is 6.50. The van der Waals surface area contributed by atoms with Gasteiger partial charge in [0.2, 0.25) is 10.0 Å². The number of rotatable bonds is 6. The molecule has 2 rings (SSSR count). The van der Waals surface area contributed by atoms with Crippen LogP contribution in [-0.4, -0.2) is 20.1 Å². The van der Waals surface area contributed by atoms with Crippen molar-refractivity contribution >= 4 is 21.4 Å². The van der Waals surface area contributed by atoms with E-state index in [0.717, 1.165) is 29.7 Å². The van der Waals surface area contributed by atoms with E-state index in [9.17, 15) is 8.42 Å². The zero-order valence-corrected chi connectivity index (χ0v) is 13.2. The predicted octanol–water partition coefficient (Wildman–Crippen LogP) is 2.26. The molecule has 1 heterocycles. The molecular weight excluding hydrogens is 282 g/mol. The van der Waals surface area contributed by atoms with E-state index in [1.807, 2.05) is 6.92 Å². The van der Waals surface area contributed by atoms with Gasteiger partial charge in [0.25, 0.3) is 0 Å². The first-order chi connectivity index (χ1) is 8.81. The van der Waals surface area contributed by atoms with E-state index in [2.05, 4.69) is 18.6 Å². The Labute approximate surface area is 118 Å². The second kappa shape index (κ2) is 5.16. The van der Waals surface area contributed by atoms with Gasteiger partial charge in [0.15, 0.2) is 0 Å². The lowest BCUT2D eigenvalue weighted by atomic mass is 9.93. The van der Waals surface area contributed by atoms with Crippen LogP contribution in [0.15, 0.2) is 10.3 Å². The van der Waals surface area contributed by atoms with Gasteiger partial charge in [0, 0.05) is 11.4 Å². The molecule has 2 N–H and O–H groups in total. The zero-order valence-electron chi connectivity index (χ0n) is 11.6. The van der Waals surface area contributed by atoms with Crippen LogP contribution in [0.1, 0.15) is 37.1 Å². The Morgan fingerprint density at radius 3 is 2.53 bits per heavy atom. The molecule has 1 aliphatic rings. The van der Waals surface area contributed by atoms with Gasteiger partial charge in [-0.05, 0) is 42.7 Å². The average Bonchev–Trinajstić information content (AvgIpc) is 3.04. The van der Waals surface area contributed by atoms with E-state index in [-0.39, 0.29) is 12.0 Å². The normalized spacial score (nSPS) is 17.9. The molecule has 108 valence electrons. The third kappa shape index (κ3) is 3.02. The first-order valence-electron chi connectivity index (χ1n) is 6.50. The summed E-state index contributed by atoms with van der Waals surface area (Å²) in [5.74, 6) is 0.494. The van der Waals surface area contributed by atoms with Crippen LogP contribution in [0.4, 0.5) is 0 Å². The largest absolute Gasteiger partial charge is 0.391 e. The minimum atomic E-state index is -3.44. The van der Waals surface area contributed by atoms with Crippen LogP contribution in [0.3, 0.4) is 0 Å². The van der Waals surface area contributed by atoms with E-state index < -0.39 is 10.0 Å². The van der Waals surface area contributed by atoms with Gasteiger partial charge in [-0.15, -0.1) is 11.3 Å². The first kappa shape index (κ1) is 15.0. The highest BCUT2D eigenvalue weighted by Gasteiger charge is 2.45. The second-order valence-electron chi connectivity index (χ2n) is 5.67. The minimum Gasteiger partial charge on any atom is -0.391 e. The van der Waals surface area contributed by atoms with Crippen LogP contribution in [0.25, 0.3) is 0 Å². The molecule has 0 aromatic carbocycles. The van der Waals surface area contributed by atoms with Crippen molar-refractivity contribution in [3.05, 3.63) is 16.5 Å². The predicted molar refractivity (Wildman–Crippen MR) is 76.7 cm³/mol. The highest BCUT2D eigenvalue weighted by molar-refractivity contribution is 7.91. The molecule has 1 saturated carbocycles. The van der Waals surface area contributed by atoms with E-state index >= 15 is 0 Å². The van der Waals surface area contributed by atoms with Crippen molar-refractivity contribution < 1.29 is 13.5 Å². The molecule has 0 saturated heterocycles. The van der Waals surface area contributed by atoms with E-state index in [0.29, 0.717) is 21.5 Å². The Bertz CT molecular complexity index is 556. The van der Waals surface area contributed by atoms with Gasteiger partial charge in [-0.3, -0.25) is 0 Å². The Morgan fingerprint density at radius 1 is 1.47 bits per heavy atom. The molecule has 0 radical (unpaired) electrons. The summed E-state index contributed by atoms with van der Waals surface area (Å²) >= 11 is 1.15. The number of aliphatic hydroxyl groups excluding tert-OH is 1. The number of hydrogen-bond acceptors (Lipinski definition) is 4. The maximum absolute atomic E-state index is 12.2. The quantitative estimate of drug-likeness (QED) is 0.847. The van der Waals surface area contributed by atoms with Crippen molar-refractivity contribution in [3.63, 3.8) is 0 Å².